The van der Waals surface area contributed by atoms with Crippen LogP contribution in [0.5, 0.6) is 0 Å². The zero-order valence-electron chi connectivity index (χ0n) is 9.58. The van der Waals surface area contributed by atoms with Gasteiger partial charge in [-0.15, -0.1) is 11.3 Å². The monoisotopic (exact) mass is 265 g/mol. The summed E-state index contributed by atoms with van der Waals surface area (Å²) in [4.78, 5) is 13.1. The summed E-state index contributed by atoms with van der Waals surface area (Å²) in [6.45, 7) is 4.07. The lowest BCUT2D eigenvalue weighted by Crippen LogP contribution is -2.10. The standard InChI is InChI=1S/C13H12ClNOS/c1-8-6-12(17-9(8)2)15-13(16)10-4-3-5-11(14)7-10/h3-7H,1-2H3,(H,15,16). The maximum atomic E-state index is 11.9. The first-order chi connectivity index (χ1) is 8.06. The van der Waals surface area contributed by atoms with Crippen LogP contribution in [0.25, 0.3) is 0 Å². The minimum absolute atomic E-state index is 0.131. The zero-order chi connectivity index (χ0) is 12.4. The van der Waals surface area contributed by atoms with Crippen molar-refractivity contribution in [2.45, 2.75) is 13.8 Å². The number of rotatable bonds is 2. The SMILES string of the molecule is Cc1cc(NC(=O)c2cccc(Cl)c2)sc1C. The normalized spacial score (nSPS) is 10.3. The largest absolute Gasteiger partial charge is 0.314 e. The van der Waals surface area contributed by atoms with E-state index in [-0.39, 0.29) is 5.91 Å². The molecule has 2 nitrogen and oxygen atoms in total. The molecule has 0 aliphatic carbocycles. The first-order valence-corrected chi connectivity index (χ1v) is 6.39. The Morgan fingerprint density at radius 2 is 2.06 bits per heavy atom. The van der Waals surface area contributed by atoms with Crippen LogP contribution in [-0.4, -0.2) is 5.91 Å². The number of carbonyl (C=O) groups is 1. The van der Waals surface area contributed by atoms with Gasteiger partial charge in [-0.2, -0.15) is 0 Å². The average molecular weight is 266 g/mol. The molecule has 17 heavy (non-hydrogen) atoms. The third-order valence-electron chi connectivity index (χ3n) is 2.49. The van der Waals surface area contributed by atoms with Crippen LogP contribution in [-0.2, 0) is 0 Å². The summed E-state index contributed by atoms with van der Waals surface area (Å²) in [5, 5.41) is 4.30. The minimum atomic E-state index is -0.131. The smallest absolute Gasteiger partial charge is 0.256 e. The summed E-state index contributed by atoms with van der Waals surface area (Å²) in [6.07, 6.45) is 0. The van der Waals surface area contributed by atoms with Gasteiger partial charge >= 0.3 is 0 Å². The van der Waals surface area contributed by atoms with Gasteiger partial charge in [0.2, 0.25) is 0 Å². The number of aryl methyl sites for hydroxylation is 2. The van der Waals surface area contributed by atoms with Crippen LogP contribution in [0.3, 0.4) is 0 Å². The van der Waals surface area contributed by atoms with Crippen molar-refractivity contribution in [3.05, 3.63) is 51.4 Å². The van der Waals surface area contributed by atoms with Gasteiger partial charge in [-0.1, -0.05) is 17.7 Å². The predicted octanol–water partition coefficient (Wildman–Crippen LogP) is 4.27. The van der Waals surface area contributed by atoms with Crippen LogP contribution in [0.15, 0.2) is 30.3 Å². The fourth-order valence-corrected chi connectivity index (χ4v) is 2.57. The quantitative estimate of drug-likeness (QED) is 0.863. The molecular weight excluding hydrogens is 254 g/mol. The molecule has 0 aliphatic heterocycles. The molecule has 0 unspecified atom stereocenters. The van der Waals surface area contributed by atoms with Crippen molar-refractivity contribution < 1.29 is 4.79 Å². The van der Waals surface area contributed by atoms with Crippen molar-refractivity contribution in [1.82, 2.24) is 0 Å². The Bertz CT molecular complexity index is 543. The molecule has 0 atom stereocenters. The molecule has 0 saturated carbocycles. The predicted molar refractivity (Wildman–Crippen MR) is 73.2 cm³/mol. The highest BCUT2D eigenvalue weighted by atomic mass is 35.5. The lowest BCUT2D eigenvalue weighted by atomic mass is 10.2. The summed E-state index contributed by atoms with van der Waals surface area (Å²) < 4.78 is 0. The molecule has 1 heterocycles. The molecule has 0 spiro atoms. The second kappa shape index (κ2) is 4.90. The topological polar surface area (TPSA) is 29.1 Å². The van der Waals surface area contributed by atoms with Crippen LogP contribution < -0.4 is 5.32 Å². The Balaban J connectivity index is 2.17. The molecule has 88 valence electrons. The maximum Gasteiger partial charge on any atom is 0.256 e. The molecule has 2 aromatic rings. The number of nitrogens with one attached hydrogen (secondary N) is 1. The number of hydrogen-bond donors (Lipinski definition) is 1. The van der Waals surface area contributed by atoms with Gasteiger partial charge in [0.15, 0.2) is 0 Å². The lowest BCUT2D eigenvalue weighted by molar-refractivity contribution is 0.102. The zero-order valence-corrected chi connectivity index (χ0v) is 11.2. The number of amides is 1. The number of carbonyl (C=O) groups excluding carboxylic acids is 1. The van der Waals surface area contributed by atoms with Gasteiger partial charge in [-0.3, -0.25) is 4.79 Å². The first-order valence-electron chi connectivity index (χ1n) is 5.20. The Morgan fingerprint density at radius 3 is 2.65 bits per heavy atom. The summed E-state index contributed by atoms with van der Waals surface area (Å²) >= 11 is 7.42. The molecule has 4 heteroatoms. The molecule has 2 rings (SSSR count). The van der Waals surface area contributed by atoms with E-state index in [1.165, 1.54) is 10.4 Å². The Morgan fingerprint density at radius 1 is 1.29 bits per heavy atom. The van der Waals surface area contributed by atoms with Crippen molar-refractivity contribution in [2.24, 2.45) is 0 Å². The summed E-state index contributed by atoms with van der Waals surface area (Å²) in [6, 6.07) is 8.89. The molecule has 1 aromatic carbocycles. The third kappa shape index (κ3) is 2.87. The van der Waals surface area contributed by atoms with Gasteiger partial charge in [0.25, 0.3) is 5.91 Å². The van der Waals surface area contributed by atoms with Crippen molar-refractivity contribution in [2.75, 3.05) is 5.32 Å². The van der Waals surface area contributed by atoms with Gasteiger partial charge in [-0.25, -0.2) is 0 Å². The van der Waals surface area contributed by atoms with Gasteiger partial charge in [0.1, 0.15) is 0 Å². The summed E-state index contributed by atoms with van der Waals surface area (Å²) in [5.74, 6) is -0.131. The fraction of sp³-hybridized carbons (Fsp3) is 0.154. The summed E-state index contributed by atoms with van der Waals surface area (Å²) in [7, 11) is 0. The second-order valence-electron chi connectivity index (χ2n) is 3.81. The van der Waals surface area contributed by atoms with Gasteiger partial charge < -0.3 is 5.32 Å². The number of halogens is 1. The van der Waals surface area contributed by atoms with E-state index in [1.807, 2.05) is 19.9 Å². The minimum Gasteiger partial charge on any atom is -0.314 e. The highest BCUT2D eigenvalue weighted by Crippen LogP contribution is 2.26. The van der Waals surface area contributed by atoms with Crippen molar-refractivity contribution in [1.29, 1.82) is 0 Å². The molecular formula is C13H12ClNOS. The Labute approximate surface area is 109 Å². The van der Waals surface area contributed by atoms with Gasteiger partial charge in [-0.05, 0) is 43.7 Å². The summed E-state index contributed by atoms with van der Waals surface area (Å²) in [5.41, 5.74) is 1.76. The Hall–Kier alpha value is -1.32. The second-order valence-corrected chi connectivity index (χ2v) is 5.51. The molecule has 0 saturated heterocycles. The number of hydrogen-bond acceptors (Lipinski definition) is 2. The van der Waals surface area contributed by atoms with Crippen LogP contribution >= 0.6 is 22.9 Å². The van der Waals surface area contributed by atoms with Crippen molar-refractivity contribution in [3.63, 3.8) is 0 Å². The number of benzene rings is 1. The van der Waals surface area contributed by atoms with Crippen LogP contribution in [0.4, 0.5) is 5.00 Å². The molecule has 0 bridgehead atoms. The Kier molecular flexibility index (Phi) is 3.50. The molecule has 0 fully saturated rings. The number of anilines is 1. The average Bonchev–Trinajstić information content (AvgIpc) is 2.58. The maximum absolute atomic E-state index is 11.9. The van der Waals surface area contributed by atoms with Crippen LogP contribution in [0, 0.1) is 13.8 Å². The van der Waals surface area contributed by atoms with E-state index in [0.29, 0.717) is 10.6 Å². The molecule has 1 amide bonds. The van der Waals surface area contributed by atoms with E-state index in [9.17, 15) is 4.79 Å². The highest BCUT2D eigenvalue weighted by molar-refractivity contribution is 7.16. The molecule has 0 radical (unpaired) electrons. The van der Waals surface area contributed by atoms with E-state index in [2.05, 4.69) is 5.32 Å². The van der Waals surface area contributed by atoms with Crippen molar-refractivity contribution in [3.8, 4) is 0 Å². The van der Waals surface area contributed by atoms with Crippen molar-refractivity contribution >= 4 is 33.8 Å². The van der Waals surface area contributed by atoms with Crippen LogP contribution in [0.2, 0.25) is 5.02 Å². The molecule has 1 aromatic heterocycles. The number of thiophene rings is 1. The van der Waals surface area contributed by atoms with E-state index in [4.69, 9.17) is 11.6 Å². The lowest BCUT2D eigenvalue weighted by Gasteiger charge is -2.02. The molecule has 0 aliphatic rings. The van der Waals surface area contributed by atoms with Crippen LogP contribution in [0.1, 0.15) is 20.8 Å². The van der Waals surface area contributed by atoms with Gasteiger partial charge in [0, 0.05) is 15.5 Å². The fourth-order valence-electron chi connectivity index (χ4n) is 1.45. The van der Waals surface area contributed by atoms with E-state index in [1.54, 1.807) is 35.6 Å². The van der Waals surface area contributed by atoms with E-state index < -0.39 is 0 Å². The molecule has 1 N–H and O–H groups in total. The van der Waals surface area contributed by atoms with E-state index >= 15 is 0 Å². The third-order valence-corrected chi connectivity index (χ3v) is 3.79. The highest BCUT2D eigenvalue weighted by Gasteiger charge is 2.08. The first kappa shape index (κ1) is 12.1. The van der Waals surface area contributed by atoms with E-state index in [0.717, 1.165) is 5.00 Å². The van der Waals surface area contributed by atoms with Gasteiger partial charge in [0.05, 0.1) is 5.00 Å².